The van der Waals surface area contributed by atoms with Crippen molar-refractivity contribution in [2.45, 2.75) is 26.4 Å². The van der Waals surface area contributed by atoms with E-state index in [1.807, 2.05) is 18.2 Å². The largest absolute Gasteiger partial charge is 0.491 e. The summed E-state index contributed by atoms with van der Waals surface area (Å²) in [6, 6.07) is 16.3. The molecule has 0 aliphatic rings. The van der Waals surface area contributed by atoms with Gasteiger partial charge in [0.1, 0.15) is 18.2 Å². The fraction of sp³-hybridized carbons (Fsp3) is 0.391. The molecule has 0 fully saturated rings. The number of nitrogens with one attached hydrogen (secondary N) is 2. The maximum atomic E-state index is 5.59. The minimum Gasteiger partial charge on any atom is -0.491 e. The van der Waals surface area contributed by atoms with E-state index in [0.29, 0.717) is 19.8 Å². The van der Waals surface area contributed by atoms with E-state index in [2.05, 4.69) is 62.4 Å². The summed E-state index contributed by atoms with van der Waals surface area (Å²) in [5.41, 5.74) is 3.40. The van der Waals surface area contributed by atoms with Crippen LogP contribution in [0, 0.1) is 6.92 Å². The first-order chi connectivity index (χ1) is 14.7. The minimum absolute atomic E-state index is 0.555. The molecule has 160 valence electrons. The van der Waals surface area contributed by atoms with Gasteiger partial charge in [0.25, 0.3) is 0 Å². The molecule has 7 nitrogen and oxygen atoms in total. The van der Waals surface area contributed by atoms with Crippen LogP contribution < -0.4 is 15.4 Å². The van der Waals surface area contributed by atoms with Crippen LogP contribution in [0.25, 0.3) is 11.0 Å². The van der Waals surface area contributed by atoms with Crippen LogP contribution in [0.3, 0.4) is 0 Å². The van der Waals surface area contributed by atoms with Crippen LogP contribution in [0.2, 0.25) is 0 Å². The van der Waals surface area contributed by atoms with Crippen molar-refractivity contribution < 1.29 is 9.47 Å². The highest BCUT2D eigenvalue weighted by Gasteiger charge is 2.06. The summed E-state index contributed by atoms with van der Waals surface area (Å²) >= 11 is 0. The molecule has 0 unspecified atom stereocenters. The van der Waals surface area contributed by atoms with Gasteiger partial charge in [-0.1, -0.05) is 24.3 Å². The molecule has 0 aliphatic carbocycles. The number of aryl methyl sites for hydroxylation is 2. The maximum absolute atomic E-state index is 5.59. The molecule has 0 aliphatic heterocycles. The number of fused-ring (bicyclic) bond motifs is 1. The molecule has 0 saturated heterocycles. The van der Waals surface area contributed by atoms with Crippen molar-refractivity contribution in [2.24, 2.45) is 4.99 Å². The van der Waals surface area contributed by atoms with Crippen molar-refractivity contribution >= 4 is 17.0 Å². The van der Waals surface area contributed by atoms with Gasteiger partial charge in [0.2, 0.25) is 0 Å². The molecule has 7 heteroatoms. The third-order valence-corrected chi connectivity index (χ3v) is 4.86. The number of ether oxygens (including phenoxy) is 2. The Morgan fingerprint density at radius 2 is 1.87 bits per heavy atom. The third kappa shape index (κ3) is 5.97. The lowest BCUT2D eigenvalue weighted by Crippen LogP contribution is -2.37. The first-order valence-corrected chi connectivity index (χ1v) is 10.3. The SMILES string of the molecule is CN=C(NCCCn1c(C)nc2ccccc21)NCc1ccc(OCCOC)cc1. The molecule has 3 aromatic rings. The van der Waals surface area contributed by atoms with Gasteiger partial charge in [-0.3, -0.25) is 4.99 Å². The van der Waals surface area contributed by atoms with E-state index in [-0.39, 0.29) is 0 Å². The molecule has 1 heterocycles. The normalized spacial score (nSPS) is 11.6. The Hall–Kier alpha value is -3.06. The molecule has 0 atom stereocenters. The fourth-order valence-corrected chi connectivity index (χ4v) is 3.27. The van der Waals surface area contributed by atoms with Crippen molar-refractivity contribution in [3.05, 3.63) is 59.9 Å². The second-order valence-corrected chi connectivity index (χ2v) is 6.99. The summed E-state index contributed by atoms with van der Waals surface area (Å²) in [7, 11) is 3.45. The summed E-state index contributed by atoms with van der Waals surface area (Å²) in [6.45, 7) is 5.64. The van der Waals surface area contributed by atoms with Gasteiger partial charge in [-0.25, -0.2) is 4.98 Å². The lowest BCUT2D eigenvalue weighted by atomic mass is 10.2. The van der Waals surface area contributed by atoms with Crippen molar-refractivity contribution in [1.82, 2.24) is 20.2 Å². The lowest BCUT2D eigenvalue weighted by molar-refractivity contribution is 0.146. The summed E-state index contributed by atoms with van der Waals surface area (Å²) in [5.74, 6) is 2.69. The quantitative estimate of drug-likeness (QED) is 0.306. The molecule has 3 rings (SSSR count). The van der Waals surface area contributed by atoms with Gasteiger partial charge in [0.15, 0.2) is 5.96 Å². The molecule has 2 aromatic carbocycles. The van der Waals surface area contributed by atoms with E-state index < -0.39 is 0 Å². The Labute approximate surface area is 178 Å². The number of rotatable bonds is 10. The van der Waals surface area contributed by atoms with Gasteiger partial charge in [-0.2, -0.15) is 0 Å². The molecule has 2 N–H and O–H groups in total. The van der Waals surface area contributed by atoms with E-state index >= 15 is 0 Å². The number of guanidine groups is 1. The van der Waals surface area contributed by atoms with Crippen LogP contribution in [0.5, 0.6) is 5.75 Å². The maximum Gasteiger partial charge on any atom is 0.191 e. The van der Waals surface area contributed by atoms with Gasteiger partial charge in [0, 0.05) is 33.8 Å². The van der Waals surface area contributed by atoms with Crippen molar-refractivity contribution in [3.8, 4) is 5.75 Å². The van der Waals surface area contributed by atoms with E-state index in [4.69, 9.17) is 9.47 Å². The second-order valence-electron chi connectivity index (χ2n) is 6.99. The standard InChI is InChI=1S/C23H31N5O2/c1-18-27-21-7-4-5-8-22(21)28(18)14-6-13-25-23(24-2)26-17-19-9-11-20(12-10-19)30-16-15-29-3/h4-5,7-12H,6,13-17H2,1-3H3,(H2,24,25,26). The number of benzene rings is 2. The summed E-state index contributed by atoms with van der Waals surface area (Å²) in [6.07, 6.45) is 0.982. The molecule has 0 saturated carbocycles. The summed E-state index contributed by atoms with van der Waals surface area (Å²) in [5, 5.41) is 6.73. The van der Waals surface area contributed by atoms with E-state index in [1.54, 1.807) is 14.2 Å². The molecule has 0 radical (unpaired) electrons. The summed E-state index contributed by atoms with van der Waals surface area (Å²) < 4.78 is 12.8. The number of hydrogen-bond donors (Lipinski definition) is 2. The Bertz CT molecular complexity index is 950. The highest BCUT2D eigenvalue weighted by Crippen LogP contribution is 2.15. The van der Waals surface area contributed by atoms with E-state index in [1.165, 1.54) is 5.52 Å². The van der Waals surface area contributed by atoms with E-state index in [9.17, 15) is 0 Å². The Balaban J connectivity index is 1.41. The van der Waals surface area contributed by atoms with Gasteiger partial charge >= 0.3 is 0 Å². The van der Waals surface area contributed by atoms with Crippen LogP contribution in [-0.2, 0) is 17.8 Å². The average molecular weight is 410 g/mol. The number of nitrogens with zero attached hydrogens (tertiary/aromatic N) is 3. The molecule has 30 heavy (non-hydrogen) atoms. The van der Waals surface area contributed by atoms with Gasteiger partial charge in [0.05, 0.1) is 17.6 Å². The van der Waals surface area contributed by atoms with Crippen molar-refractivity contribution in [3.63, 3.8) is 0 Å². The number of hydrogen-bond acceptors (Lipinski definition) is 4. The molecule has 1 aromatic heterocycles. The molecule has 0 spiro atoms. The second kappa shape index (κ2) is 11.2. The van der Waals surface area contributed by atoms with Crippen LogP contribution in [0.15, 0.2) is 53.5 Å². The van der Waals surface area contributed by atoms with Crippen LogP contribution >= 0.6 is 0 Å². The highest BCUT2D eigenvalue weighted by atomic mass is 16.5. The van der Waals surface area contributed by atoms with Crippen molar-refractivity contribution in [2.75, 3.05) is 33.9 Å². The monoisotopic (exact) mass is 409 g/mol. The van der Waals surface area contributed by atoms with Gasteiger partial charge in [-0.15, -0.1) is 0 Å². The summed E-state index contributed by atoms with van der Waals surface area (Å²) in [4.78, 5) is 8.93. The number of aliphatic imine (C=N–C) groups is 1. The first kappa shape index (κ1) is 21.6. The Morgan fingerprint density at radius 3 is 2.63 bits per heavy atom. The zero-order valence-corrected chi connectivity index (χ0v) is 18.0. The third-order valence-electron chi connectivity index (χ3n) is 4.86. The molecule has 0 amide bonds. The minimum atomic E-state index is 0.555. The molecular formula is C23H31N5O2. The first-order valence-electron chi connectivity index (χ1n) is 10.3. The molecular weight excluding hydrogens is 378 g/mol. The predicted octanol–water partition coefficient (Wildman–Crippen LogP) is 3.13. The Morgan fingerprint density at radius 1 is 1.07 bits per heavy atom. The Kier molecular flexibility index (Phi) is 8.09. The number of aromatic nitrogens is 2. The zero-order valence-electron chi connectivity index (χ0n) is 18.0. The van der Waals surface area contributed by atoms with Crippen LogP contribution in [0.4, 0.5) is 0 Å². The van der Waals surface area contributed by atoms with Gasteiger partial charge < -0.3 is 24.7 Å². The smallest absolute Gasteiger partial charge is 0.191 e. The predicted molar refractivity (Wildman–Crippen MR) is 121 cm³/mol. The highest BCUT2D eigenvalue weighted by molar-refractivity contribution is 5.79. The number of imidazole rings is 1. The van der Waals surface area contributed by atoms with E-state index in [0.717, 1.165) is 48.1 Å². The molecule has 0 bridgehead atoms. The van der Waals surface area contributed by atoms with Gasteiger partial charge in [-0.05, 0) is 43.2 Å². The van der Waals surface area contributed by atoms with Crippen molar-refractivity contribution in [1.29, 1.82) is 0 Å². The zero-order chi connectivity index (χ0) is 21.2. The number of methoxy groups -OCH3 is 1. The lowest BCUT2D eigenvalue weighted by Gasteiger charge is -2.13. The van der Waals surface area contributed by atoms with Crippen LogP contribution in [-0.4, -0.2) is 49.4 Å². The van der Waals surface area contributed by atoms with Crippen LogP contribution in [0.1, 0.15) is 17.8 Å². The average Bonchev–Trinajstić information content (AvgIpc) is 3.09. The fourth-order valence-electron chi connectivity index (χ4n) is 3.27. The topological polar surface area (TPSA) is 72.7 Å². The number of para-hydroxylation sites is 2.